The molecule has 116 valence electrons. The molecule has 1 atom stereocenters. The average molecular weight is 325 g/mol. The second-order valence-electron chi connectivity index (χ2n) is 5.58. The number of fused-ring (bicyclic) bond motifs is 2. The van der Waals surface area contributed by atoms with Crippen molar-refractivity contribution in [1.29, 1.82) is 0 Å². The molecular weight excluding hydrogens is 310 g/mol. The standard InChI is InChI=1S/C18H15NO3S/c1-18(19-13-7-3-4-9-15(13)23-18)12-10-11-6-5-8-14(21-2)16(11)22-17(12)20/h3-10,19H,1-2H3. The molecule has 4 nitrogen and oxygen atoms in total. The SMILES string of the molecule is COc1cccc2cc(C3(C)Nc4ccccc4S3)c(=O)oc12. The summed E-state index contributed by atoms with van der Waals surface area (Å²) in [6.45, 7) is 2.00. The highest BCUT2D eigenvalue weighted by molar-refractivity contribution is 8.00. The number of nitrogens with one attached hydrogen (secondary N) is 1. The van der Waals surface area contributed by atoms with Crippen molar-refractivity contribution in [2.24, 2.45) is 0 Å². The van der Waals surface area contributed by atoms with Crippen LogP contribution in [0.4, 0.5) is 5.69 Å². The fraction of sp³-hybridized carbons (Fsp3) is 0.167. The van der Waals surface area contributed by atoms with Gasteiger partial charge in [-0.2, -0.15) is 0 Å². The number of methoxy groups -OCH3 is 1. The Morgan fingerprint density at radius 3 is 2.78 bits per heavy atom. The predicted octanol–water partition coefficient (Wildman–Crippen LogP) is 4.19. The molecule has 2 aromatic carbocycles. The summed E-state index contributed by atoms with van der Waals surface area (Å²) >= 11 is 1.62. The maximum absolute atomic E-state index is 12.6. The van der Waals surface area contributed by atoms with Crippen molar-refractivity contribution >= 4 is 28.4 Å². The van der Waals surface area contributed by atoms with Crippen molar-refractivity contribution in [1.82, 2.24) is 0 Å². The number of para-hydroxylation sites is 2. The zero-order valence-electron chi connectivity index (χ0n) is 12.8. The Labute approximate surface area is 137 Å². The maximum Gasteiger partial charge on any atom is 0.342 e. The van der Waals surface area contributed by atoms with Gasteiger partial charge in [-0.25, -0.2) is 4.79 Å². The van der Waals surface area contributed by atoms with Gasteiger partial charge in [0.15, 0.2) is 11.3 Å². The van der Waals surface area contributed by atoms with Crippen LogP contribution in [0.25, 0.3) is 11.0 Å². The van der Waals surface area contributed by atoms with Gasteiger partial charge in [-0.15, -0.1) is 0 Å². The van der Waals surface area contributed by atoms with Crippen molar-refractivity contribution < 1.29 is 9.15 Å². The van der Waals surface area contributed by atoms with Crippen LogP contribution in [0.2, 0.25) is 0 Å². The van der Waals surface area contributed by atoms with Crippen molar-refractivity contribution in [3.05, 3.63) is 64.5 Å². The number of hydrogen-bond acceptors (Lipinski definition) is 5. The minimum atomic E-state index is -0.554. The van der Waals surface area contributed by atoms with Gasteiger partial charge in [0.25, 0.3) is 0 Å². The summed E-state index contributed by atoms with van der Waals surface area (Å²) in [5.74, 6) is 0.562. The van der Waals surface area contributed by atoms with Crippen molar-refractivity contribution in [2.45, 2.75) is 16.7 Å². The van der Waals surface area contributed by atoms with Gasteiger partial charge >= 0.3 is 5.63 Å². The van der Waals surface area contributed by atoms with E-state index in [4.69, 9.17) is 9.15 Å². The molecular formula is C18H15NO3S. The molecule has 1 aromatic heterocycles. The van der Waals surface area contributed by atoms with Gasteiger partial charge in [-0.05, 0) is 31.2 Å². The number of anilines is 1. The van der Waals surface area contributed by atoms with Gasteiger partial charge in [0.1, 0.15) is 4.87 Å². The number of thioether (sulfide) groups is 1. The van der Waals surface area contributed by atoms with Crippen LogP contribution in [0.15, 0.2) is 62.6 Å². The Hall–Kier alpha value is -2.40. The second-order valence-corrected chi connectivity index (χ2v) is 7.04. The normalized spacial score (nSPS) is 19.4. The molecule has 0 spiro atoms. The minimum Gasteiger partial charge on any atom is -0.493 e. The van der Waals surface area contributed by atoms with E-state index in [0.717, 1.165) is 16.0 Å². The molecule has 2 heterocycles. The Morgan fingerprint density at radius 2 is 2.00 bits per heavy atom. The van der Waals surface area contributed by atoms with Crippen LogP contribution in [0.3, 0.4) is 0 Å². The van der Waals surface area contributed by atoms with Gasteiger partial charge < -0.3 is 14.5 Å². The van der Waals surface area contributed by atoms with E-state index in [-0.39, 0.29) is 5.63 Å². The van der Waals surface area contributed by atoms with E-state index >= 15 is 0 Å². The average Bonchev–Trinajstić information content (AvgIpc) is 2.90. The molecule has 4 rings (SSSR count). The molecule has 0 saturated heterocycles. The van der Waals surface area contributed by atoms with Crippen molar-refractivity contribution in [3.8, 4) is 5.75 Å². The third-order valence-electron chi connectivity index (χ3n) is 4.03. The Balaban J connectivity index is 1.87. The van der Waals surface area contributed by atoms with Gasteiger partial charge in [-0.1, -0.05) is 36.0 Å². The number of ether oxygens (including phenoxy) is 1. The summed E-state index contributed by atoms with van der Waals surface area (Å²) in [6.07, 6.45) is 0. The molecule has 0 fully saturated rings. The van der Waals surface area contributed by atoms with E-state index in [2.05, 4.69) is 5.32 Å². The maximum atomic E-state index is 12.6. The summed E-state index contributed by atoms with van der Waals surface area (Å²) in [6, 6.07) is 15.5. The molecule has 0 aliphatic carbocycles. The molecule has 1 aliphatic heterocycles. The zero-order valence-corrected chi connectivity index (χ0v) is 13.6. The predicted molar refractivity (Wildman–Crippen MR) is 92.3 cm³/mol. The number of rotatable bonds is 2. The monoisotopic (exact) mass is 325 g/mol. The molecule has 1 unspecified atom stereocenters. The van der Waals surface area contributed by atoms with E-state index < -0.39 is 4.87 Å². The molecule has 0 amide bonds. The van der Waals surface area contributed by atoms with E-state index in [0.29, 0.717) is 16.9 Å². The zero-order chi connectivity index (χ0) is 16.0. The molecule has 3 aromatic rings. The van der Waals surface area contributed by atoms with E-state index in [1.54, 1.807) is 24.9 Å². The molecule has 0 bridgehead atoms. The fourth-order valence-corrected chi connectivity index (χ4v) is 4.12. The smallest absolute Gasteiger partial charge is 0.342 e. The second kappa shape index (κ2) is 5.06. The lowest BCUT2D eigenvalue weighted by Crippen LogP contribution is -2.30. The summed E-state index contributed by atoms with van der Waals surface area (Å²) in [7, 11) is 1.56. The molecule has 1 aliphatic rings. The lowest BCUT2D eigenvalue weighted by Gasteiger charge is -2.23. The van der Waals surface area contributed by atoms with Gasteiger partial charge in [-0.3, -0.25) is 0 Å². The van der Waals surface area contributed by atoms with E-state index in [9.17, 15) is 4.79 Å². The van der Waals surface area contributed by atoms with Gasteiger partial charge in [0.2, 0.25) is 0 Å². The van der Waals surface area contributed by atoms with Crippen LogP contribution in [-0.2, 0) is 4.87 Å². The van der Waals surface area contributed by atoms with Crippen molar-refractivity contribution in [2.75, 3.05) is 12.4 Å². The molecule has 23 heavy (non-hydrogen) atoms. The Morgan fingerprint density at radius 1 is 1.17 bits per heavy atom. The van der Waals surface area contributed by atoms with E-state index in [1.165, 1.54) is 0 Å². The lowest BCUT2D eigenvalue weighted by molar-refractivity contribution is 0.406. The van der Waals surface area contributed by atoms with Gasteiger partial charge in [0, 0.05) is 16.0 Å². The summed E-state index contributed by atoms with van der Waals surface area (Å²) in [4.78, 5) is 13.1. The third-order valence-corrected chi connectivity index (χ3v) is 5.34. The largest absolute Gasteiger partial charge is 0.493 e. The summed E-state index contributed by atoms with van der Waals surface area (Å²) in [5, 5.41) is 4.28. The minimum absolute atomic E-state index is 0.350. The first-order valence-corrected chi connectivity index (χ1v) is 8.10. The first kappa shape index (κ1) is 14.2. The quantitative estimate of drug-likeness (QED) is 0.716. The van der Waals surface area contributed by atoms with Crippen molar-refractivity contribution in [3.63, 3.8) is 0 Å². The van der Waals surface area contributed by atoms with Crippen LogP contribution in [0, 0.1) is 0 Å². The van der Waals surface area contributed by atoms with Crippen LogP contribution in [0.1, 0.15) is 12.5 Å². The van der Waals surface area contributed by atoms with Crippen LogP contribution in [-0.4, -0.2) is 7.11 Å². The highest BCUT2D eigenvalue weighted by Gasteiger charge is 2.37. The molecule has 0 radical (unpaired) electrons. The van der Waals surface area contributed by atoms with E-state index in [1.807, 2.05) is 49.4 Å². The Kier molecular flexibility index (Phi) is 3.13. The van der Waals surface area contributed by atoms with Crippen LogP contribution in [0.5, 0.6) is 5.75 Å². The number of hydrogen-bond donors (Lipinski definition) is 1. The summed E-state index contributed by atoms with van der Waals surface area (Å²) in [5.41, 5.74) is 1.76. The Bertz CT molecular complexity index is 939. The third kappa shape index (κ3) is 2.19. The highest BCUT2D eigenvalue weighted by atomic mass is 32.2. The number of benzene rings is 2. The highest BCUT2D eigenvalue weighted by Crippen LogP contribution is 2.50. The van der Waals surface area contributed by atoms with Gasteiger partial charge in [0.05, 0.1) is 12.7 Å². The first-order valence-electron chi connectivity index (χ1n) is 7.28. The first-order chi connectivity index (χ1) is 11.1. The molecule has 5 heteroatoms. The fourth-order valence-electron chi connectivity index (χ4n) is 2.89. The summed E-state index contributed by atoms with van der Waals surface area (Å²) < 4.78 is 10.8. The molecule has 1 N–H and O–H groups in total. The van der Waals surface area contributed by atoms with Crippen LogP contribution < -0.4 is 15.7 Å². The van der Waals surface area contributed by atoms with Crippen LogP contribution >= 0.6 is 11.8 Å². The molecule has 0 saturated carbocycles. The lowest BCUT2D eigenvalue weighted by atomic mass is 10.1. The topological polar surface area (TPSA) is 51.5 Å².